The fourth-order valence-corrected chi connectivity index (χ4v) is 1.84. The van der Waals surface area contributed by atoms with Gasteiger partial charge in [0.2, 0.25) is 5.91 Å². The monoisotopic (exact) mass is 313 g/mol. The second kappa shape index (κ2) is 5.89. The van der Waals surface area contributed by atoms with Gasteiger partial charge in [-0.25, -0.2) is 4.98 Å². The number of carbonyl (C=O) groups is 2. The van der Waals surface area contributed by atoms with Crippen LogP contribution < -0.4 is 11.1 Å². The third kappa shape index (κ3) is 3.44. The smallest absolute Gasteiger partial charge is 0.313 e. The number of aromatic nitrogens is 1. The van der Waals surface area contributed by atoms with E-state index in [4.69, 9.17) is 22.1 Å². The number of halogens is 1. The van der Waals surface area contributed by atoms with Crippen LogP contribution in [0.2, 0.25) is 5.02 Å². The summed E-state index contributed by atoms with van der Waals surface area (Å²) in [6.07, 6.45) is 1.33. The predicted octanol–water partition coefficient (Wildman–Crippen LogP) is 2.22. The molecule has 0 fully saturated rings. The summed E-state index contributed by atoms with van der Waals surface area (Å²) in [4.78, 5) is 27.1. The Labute approximate surface area is 129 Å². The average Bonchev–Trinajstić information content (AvgIpc) is 2.39. The standard InChI is InChI=1S/C14H20ClN3O3/c1-13(2,12(20)21-5)14(3,4)18-11-9(15)6-8(7-17-11)10(16)19/h6-7H,1-5H3,(H2,16,19)(H,17,18). The van der Waals surface area contributed by atoms with Crippen molar-refractivity contribution >= 4 is 29.3 Å². The molecule has 6 nitrogen and oxygen atoms in total. The molecule has 0 atom stereocenters. The fraction of sp³-hybridized carbons (Fsp3) is 0.500. The lowest BCUT2D eigenvalue weighted by atomic mass is 9.74. The Kier molecular flexibility index (Phi) is 4.83. The Morgan fingerprint density at radius 3 is 2.33 bits per heavy atom. The zero-order valence-corrected chi connectivity index (χ0v) is 13.5. The first-order chi connectivity index (χ1) is 9.52. The van der Waals surface area contributed by atoms with E-state index >= 15 is 0 Å². The minimum absolute atomic E-state index is 0.218. The highest BCUT2D eigenvalue weighted by Gasteiger charge is 2.44. The van der Waals surface area contributed by atoms with Gasteiger partial charge in [0.05, 0.1) is 23.1 Å². The number of carbonyl (C=O) groups excluding carboxylic acids is 2. The molecule has 3 N–H and O–H groups in total. The number of ether oxygens (including phenoxy) is 1. The van der Waals surface area contributed by atoms with Gasteiger partial charge in [-0.3, -0.25) is 9.59 Å². The van der Waals surface area contributed by atoms with E-state index in [0.717, 1.165) is 0 Å². The number of anilines is 1. The summed E-state index contributed by atoms with van der Waals surface area (Å²) in [5.74, 6) is -0.598. The van der Waals surface area contributed by atoms with E-state index < -0.39 is 16.9 Å². The minimum atomic E-state index is -0.824. The largest absolute Gasteiger partial charge is 0.469 e. The van der Waals surface area contributed by atoms with Gasteiger partial charge in [0, 0.05) is 11.7 Å². The van der Waals surface area contributed by atoms with Crippen molar-refractivity contribution in [2.75, 3.05) is 12.4 Å². The lowest BCUT2D eigenvalue weighted by molar-refractivity contribution is -0.153. The van der Waals surface area contributed by atoms with Gasteiger partial charge >= 0.3 is 5.97 Å². The van der Waals surface area contributed by atoms with E-state index in [-0.39, 0.29) is 16.6 Å². The summed E-state index contributed by atoms with van der Waals surface area (Å²) in [5.41, 5.74) is 3.87. The van der Waals surface area contributed by atoms with Crippen molar-refractivity contribution < 1.29 is 14.3 Å². The van der Waals surface area contributed by atoms with E-state index in [0.29, 0.717) is 5.82 Å². The van der Waals surface area contributed by atoms with Crippen LogP contribution in [0.1, 0.15) is 38.1 Å². The van der Waals surface area contributed by atoms with E-state index in [1.165, 1.54) is 19.4 Å². The molecule has 1 amide bonds. The number of primary amides is 1. The molecule has 0 bridgehead atoms. The lowest BCUT2D eigenvalue weighted by Gasteiger charge is -2.40. The second-order valence-corrected chi connectivity index (χ2v) is 6.19. The Bertz CT molecular complexity index is 571. The van der Waals surface area contributed by atoms with Crippen molar-refractivity contribution in [2.24, 2.45) is 11.1 Å². The van der Waals surface area contributed by atoms with Crippen molar-refractivity contribution in [1.82, 2.24) is 4.98 Å². The van der Waals surface area contributed by atoms with Gasteiger partial charge in [-0.15, -0.1) is 0 Å². The van der Waals surface area contributed by atoms with E-state index in [1.54, 1.807) is 13.8 Å². The van der Waals surface area contributed by atoms with Crippen molar-refractivity contribution in [1.29, 1.82) is 0 Å². The number of methoxy groups -OCH3 is 1. The molecule has 0 aromatic carbocycles. The van der Waals surface area contributed by atoms with Gasteiger partial charge in [0.25, 0.3) is 0 Å². The fourth-order valence-electron chi connectivity index (χ4n) is 1.63. The Morgan fingerprint density at radius 1 is 1.33 bits per heavy atom. The number of nitrogens with two attached hydrogens (primary N) is 1. The number of nitrogens with one attached hydrogen (secondary N) is 1. The summed E-state index contributed by atoms with van der Waals surface area (Å²) in [6, 6.07) is 1.43. The van der Waals surface area contributed by atoms with E-state index in [1.807, 2.05) is 13.8 Å². The first-order valence-electron chi connectivity index (χ1n) is 6.35. The van der Waals surface area contributed by atoms with Gasteiger partial charge in [-0.2, -0.15) is 0 Å². The van der Waals surface area contributed by atoms with Crippen molar-refractivity contribution in [3.8, 4) is 0 Å². The SMILES string of the molecule is COC(=O)C(C)(C)C(C)(C)Nc1ncc(C(N)=O)cc1Cl. The van der Waals surface area contributed by atoms with Gasteiger partial charge in [0.1, 0.15) is 5.82 Å². The van der Waals surface area contributed by atoms with Crippen LogP contribution in [0, 0.1) is 5.41 Å². The van der Waals surface area contributed by atoms with Crippen LogP contribution in [-0.2, 0) is 9.53 Å². The summed E-state index contributed by atoms with van der Waals surface area (Å²) in [7, 11) is 1.34. The summed E-state index contributed by atoms with van der Waals surface area (Å²) in [6.45, 7) is 7.20. The molecule has 1 aromatic heterocycles. The van der Waals surface area contributed by atoms with Gasteiger partial charge in [-0.1, -0.05) is 11.6 Å². The Balaban J connectivity index is 3.10. The number of nitrogens with zero attached hydrogens (tertiary/aromatic N) is 1. The highest BCUT2D eigenvalue weighted by molar-refractivity contribution is 6.33. The first kappa shape index (κ1) is 17.2. The minimum Gasteiger partial charge on any atom is -0.469 e. The number of amides is 1. The van der Waals surface area contributed by atoms with Crippen LogP contribution in [0.5, 0.6) is 0 Å². The van der Waals surface area contributed by atoms with Crippen LogP contribution >= 0.6 is 11.6 Å². The van der Waals surface area contributed by atoms with Crippen LogP contribution in [0.4, 0.5) is 5.82 Å². The van der Waals surface area contributed by atoms with Gasteiger partial charge in [0.15, 0.2) is 0 Å². The quantitative estimate of drug-likeness (QED) is 0.813. The molecule has 0 saturated heterocycles. The predicted molar refractivity (Wildman–Crippen MR) is 81.3 cm³/mol. The third-order valence-electron chi connectivity index (χ3n) is 3.81. The number of hydrogen-bond acceptors (Lipinski definition) is 5. The highest BCUT2D eigenvalue weighted by Crippen LogP contribution is 2.36. The molecule has 116 valence electrons. The average molecular weight is 314 g/mol. The Hall–Kier alpha value is -1.82. The molecule has 0 radical (unpaired) electrons. The van der Waals surface area contributed by atoms with Gasteiger partial charge in [-0.05, 0) is 33.8 Å². The molecule has 0 spiro atoms. The molecular weight excluding hydrogens is 294 g/mol. The maximum atomic E-state index is 11.9. The zero-order valence-electron chi connectivity index (χ0n) is 12.8. The molecule has 21 heavy (non-hydrogen) atoms. The molecule has 0 unspecified atom stereocenters. The molecule has 7 heteroatoms. The number of esters is 1. The van der Waals surface area contributed by atoms with Crippen LogP contribution in [0.25, 0.3) is 0 Å². The first-order valence-corrected chi connectivity index (χ1v) is 6.72. The maximum Gasteiger partial charge on any atom is 0.313 e. The molecule has 0 aliphatic rings. The van der Waals surface area contributed by atoms with E-state index in [9.17, 15) is 9.59 Å². The summed E-state index contributed by atoms with van der Waals surface area (Å²) >= 11 is 6.09. The normalized spacial score (nSPS) is 11.9. The van der Waals surface area contributed by atoms with Gasteiger partial charge < -0.3 is 15.8 Å². The van der Waals surface area contributed by atoms with Crippen molar-refractivity contribution in [3.05, 3.63) is 22.8 Å². The van der Waals surface area contributed by atoms with Crippen LogP contribution in [0.3, 0.4) is 0 Å². The topological polar surface area (TPSA) is 94.3 Å². The highest BCUT2D eigenvalue weighted by atomic mass is 35.5. The lowest BCUT2D eigenvalue weighted by Crippen LogP contribution is -2.51. The molecule has 0 aliphatic carbocycles. The summed E-state index contributed by atoms with van der Waals surface area (Å²) in [5, 5.41) is 3.36. The Morgan fingerprint density at radius 2 is 1.90 bits per heavy atom. The van der Waals surface area contributed by atoms with E-state index in [2.05, 4.69) is 10.3 Å². The molecule has 0 saturated carbocycles. The maximum absolute atomic E-state index is 11.9. The second-order valence-electron chi connectivity index (χ2n) is 5.79. The number of rotatable bonds is 5. The van der Waals surface area contributed by atoms with Crippen LogP contribution in [0.15, 0.2) is 12.3 Å². The zero-order chi connectivity index (χ0) is 16.4. The molecule has 1 heterocycles. The molecule has 1 rings (SSSR count). The molecule has 0 aliphatic heterocycles. The molecule has 1 aromatic rings. The van der Waals surface area contributed by atoms with Crippen LogP contribution in [-0.4, -0.2) is 29.5 Å². The number of hydrogen-bond donors (Lipinski definition) is 2. The third-order valence-corrected chi connectivity index (χ3v) is 4.10. The number of pyridine rings is 1. The van der Waals surface area contributed by atoms with Crippen molar-refractivity contribution in [3.63, 3.8) is 0 Å². The summed E-state index contributed by atoms with van der Waals surface area (Å²) < 4.78 is 4.83. The molecular formula is C14H20ClN3O3. The van der Waals surface area contributed by atoms with Crippen molar-refractivity contribution in [2.45, 2.75) is 33.2 Å².